The van der Waals surface area contributed by atoms with Crippen molar-refractivity contribution in [3.63, 3.8) is 0 Å². The number of halogens is 3. The second-order valence-electron chi connectivity index (χ2n) is 5.06. The van der Waals surface area contributed by atoms with Crippen LogP contribution in [0.15, 0.2) is 53.5 Å². The van der Waals surface area contributed by atoms with Crippen LogP contribution in [0.3, 0.4) is 0 Å². The monoisotopic (exact) mass is 393 g/mol. The molecule has 8 heteroatoms. The smallest absolute Gasteiger partial charge is 0.264 e. The minimum absolute atomic E-state index is 0.145. The molecule has 3 aromatic rings. The van der Waals surface area contributed by atoms with Gasteiger partial charge in [-0.3, -0.25) is 9.59 Å². The Hall–Kier alpha value is -2.34. The van der Waals surface area contributed by atoms with E-state index < -0.39 is 11.5 Å². The first kappa shape index (κ1) is 17.5. The number of amides is 1. The van der Waals surface area contributed by atoms with Gasteiger partial charge in [-0.05, 0) is 42.5 Å². The summed E-state index contributed by atoms with van der Waals surface area (Å²) in [4.78, 5) is 31.2. The molecule has 0 aliphatic heterocycles. The largest absolute Gasteiger partial charge is 0.320 e. The summed E-state index contributed by atoms with van der Waals surface area (Å²) in [6.45, 7) is 0. The minimum atomic E-state index is -0.638. The fraction of sp³-hybridized carbons (Fsp3) is 0. The zero-order chi connectivity index (χ0) is 18.0. The molecular weight excluding hydrogens is 385 g/mol. The van der Waals surface area contributed by atoms with Crippen LogP contribution in [-0.4, -0.2) is 15.9 Å². The molecule has 0 fully saturated rings. The van der Waals surface area contributed by atoms with E-state index >= 15 is 0 Å². The zero-order valence-corrected chi connectivity index (χ0v) is 14.8. The molecule has 0 saturated carbocycles. The number of aromatic amines is 1. The SMILES string of the molecule is O=C(Nc1cc(Cl)ccc1Cl)c1cnc(-c2ccc(Cl)cc2)[nH]c1=O. The van der Waals surface area contributed by atoms with Crippen LogP contribution < -0.4 is 10.9 Å². The van der Waals surface area contributed by atoms with Crippen LogP contribution in [0.2, 0.25) is 15.1 Å². The summed E-state index contributed by atoms with van der Waals surface area (Å²) >= 11 is 17.7. The van der Waals surface area contributed by atoms with Crippen LogP contribution in [0.4, 0.5) is 5.69 Å². The molecule has 0 atom stereocenters. The van der Waals surface area contributed by atoms with Crippen molar-refractivity contribution >= 4 is 46.4 Å². The highest BCUT2D eigenvalue weighted by Gasteiger charge is 2.14. The third-order valence-electron chi connectivity index (χ3n) is 3.34. The fourth-order valence-corrected chi connectivity index (χ4v) is 2.56. The first-order chi connectivity index (χ1) is 11.9. The molecular formula is C17H10Cl3N3O2. The second-order valence-corrected chi connectivity index (χ2v) is 6.34. The Morgan fingerprint density at radius 1 is 1.00 bits per heavy atom. The van der Waals surface area contributed by atoms with Crippen molar-refractivity contribution in [1.82, 2.24) is 9.97 Å². The first-order valence-corrected chi connectivity index (χ1v) is 8.19. The molecule has 2 N–H and O–H groups in total. The lowest BCUT2D eigenvalue weighted by Crippen LogP contribution is -2.24. The predicted octanol–water partition coefficient (Wildman–Crippen LogP) is 4.65. The Morgan fingerprint density at radius 3 is 2.36 bits per heavy atom. The highest BCUT2D eigenvalue weighted by molar-refractivity contribution is 6.35. The third-order valence-corrected chi connectivity index (χ3v) is 4.15. The molecule has 1 amide bonds. The van der Waals surface area contributed by atoms with E-state index in [2.05, 4.69) is 15.3 Å². The number of nitrogens with zero attached hydrogens (tertiary/aromatic N) is 1. The van der Waals surface area contributed by atoms with Crippen molar-refractivity contribution < 1.29 is 4.79 Å². The van der Waals surface area contributed by atoms with Crippen LogP contribution in [-0.2, 0) is 0 Å². The molecule has 0 unspecified atom stereocenters. The Morgan fingerprint density at radius 2 is 1.68 bits per heavy atom. The van der Waals surface area contributed by atoms with E-state index in [1.807, 2.05) is 0 Å². The van der Waals surface area contributed by atoms with Crippen LogP contribution in [0.1, 0.15) is 10.4 Å². The normalized spacial score (nSPS) is 10.5. The molecule has 5 nitrogen and oxygen atoms in total. The molecule has 0 bridgehead atoms. The predicted molar refractivity (Wildman–Crippen MR) is 99.7 cm³/mol. The molecule has 25 heavy (non-hydrogen) atoms. The average Bonchev–Trinajstić information content (AvgIpc) is 2.58. The van der Waals surface area contributed by atoms with Gasteiger partial charge in [0.15, 0.2) is 0 Å². The molecule has 1 aromatic heterocycles. The van der Waals surface area contributed by atoms with E-state index in [-0.39, 0.29) is 5.56 Å². The molecule has 0 aliphatic carbocycles. The maximum absolute atomic E-state index is 12.3. The summed E-state index contributed by atoms with van der Waals surface area (Å²) in [7, 11) is 0. The van der Waals surface area contributed by atoms with Gasteiger partial charge in [0, 0.05) is 21.8 Å². The van der Waals surface area contributed by atoms with Gasteiger partial charge in [-0.2, -0.15) is 0 Å². The third kappa shape index (κ3) is 4.02. The maximum atomic E-state index is 12.3. The molecule has 126 valence electrons. The van der Waals surface area contributed by atoms with E-state index in [9.17, 15) is 9.59 Å². The number of aromatic nitrogens is 2. The van der Waals surface area contributed by atoms with Gasteiger partial charge in [-0.1, -0.05) is 34.8 Å². The van der Waals surface area contributed by atoms with Crippen molar-refractivity contribution in [3.05, 3.63) is 79.6 Å². The summed E-state index contributed by atoms with van der Waals surface area (Å²) in [5.74, 6) is -0.306. The van der Waals surface area contributed by atoms with Crippen molar-refractivity contribution in [3.8, 4) is 11.4 Å². The number of H-pyrrole nitrogens is 1. The van der Waals surface area contributed by atoms with Gasteiger partial charge < -0.3 is 10.3 Å². The van der Waals surface area contributed by atoms with Gasteiger partial charge in [0.1, 0.15) is 11.4 Å². The van der Waals surface area contributed by atoms with Gasteiger partial charge in [-0.15, -0.1) is 0 Å². The van der Waals surface area contributed by atoms with E-state index in [1.165, 1.54) is 12.3 Å². The van der Waals surface area contributed by atoms with Crippen LogP contribution in [0.5, 0.6) is 0 Å². The van der Waals surface area contributed by atoms with E-state index in [1.54, 1.807) is 36.4 Å². The number of benzene rings is 2. The summed E-state index contributed by atoms with van der Waals surface area (Å²) in [5.41, 5.74) is 0.260. The van der Waals surface area contributed by atoms with Crippen LogP contribution in [0.25, 0.3) is 11.4 Å². The second kappa shape index (κ2) is 7.27. The van der Waals surface area contributed by atoms with Crippen molar-refractivity contribution in [2.24, 2.45) is 0 Å². The summed E-state index contributed by atoms with van der Waals surface area (Å²) in [5, 5.41) is 3.82. The molecule has 0 radical (unpaired) electrons. The lowest BCUT2D eigenvalue weighted by Gasteiger charge is -2.08. The number of anilines is 1. The molecule has 2 aromatic carbocycles. The number of carbonyl (C=O) groups excluding carboxylic acids is 1. The van der Waals surface area contributed by atoms with E-state index in [4.69, 9.17) is 34.8 Å². The number of hydrogen-bond donors (Lipinski definition) is 2. The summed E-state index contributed by atoms with van der Waals surface area (Å²) in [6.07, 6.45) is 1.20. The number of carbonyl (C=O) groups is 1. The van der Waals surface area contributed by atoms with Gasteiger partial charge in [-0.25, -0.2) is 4.98 Å². The molecule has 1 heterocycles. The standard InChI is InChI=1S/C17H10Cl3N3O2/c18-10-3-1-9(2-4-10)15-21-8-12(17(25)23-15)16(24)22-14-7-11(19)5-6-13(14)20/h1-8H,(H,22,24)(H,21,23,25). The lowest BCUT2D eigenvalue weighted by atomic mass is 10.2. The van der Waals surface area contributed by atoms with Crippen LogP contribution in [0, 0.1) is 0 Å². The summed E-state index contributed by atoms with van der Waals surface area (Å²) in [6, 6.07) is 11.4. The Bertz CT molecular complexity index is 1000. The van der Waals surface area contributed by atoms with Gasteiger partial charge in [0.25, 0.3) is 11.5 Å². The summed E-state index contributed by atoms with van der Waals surface area (Å²) < 4.78 is 0. The maximum Gasteiger partial charge on any atom is 0.264 e. The minimum Gasteiger partial charge on any atom is -0.320 e. The quantitative estimate of drug-likeness (QED) is 0.679. The lowest BCUT2D eigenvalue weighted by molar-refractivity contribution is 0.102. The number of nitrogens with one attached hydrogen (secondary N) is 2. The van der Waals surface area contributed by atoms with E-state index in [0.717, 1.165) is 0 Å². The van der Waals surface area contributed by atoms with Crippen molar-refractivity contribution in [1.29, 1.82) is 0 Å². The highest BCUT2D eigenvalue weighted by Crippen LogP contribution is 2.25. The molecule has 3 rings (SSSR count). The Balaban J connectivity index is 1.88. The van der Waals surface area contributed by atoms with Gasteiger partial charge in [0.05, 0.1) is 10.7 Å². The van der Waals surface area contributed by atoms with Crippen molar-refractivity contribution in [2.75, 3.05) is 5.32 Å². The number of hydrogen-bond acceptors (Lipinski definition) is 3. The van der Waals surface area contributed by atoms with Gasteiger partial charge >= 0.3 is 0 Å². The molecule has 0 aliphatic rings. The Kier molecular flexibility index (Phi) is 5.08. The van der Waals surface area contributed by atoms with E-state index in [0.29, 0.717) is 32.1 Å². The topological polar surface area (TPSA) is 74.8 Å². The average molecular weight is 395 g/mol. The number of rotatable bonds is 3. The molecule has 0 spiro atoms. The zero-order valence-electron chi connectivity index (χ0n) is 12.5. The Labute approximate surface area is 157 Å². The van der Waals surface area contributed by atoms with Crippen LogP contribution >= 0.6 is 34.8 Å². The van der Waals surface area contributed by atoms with Gasteiger partial charge in [0.2, 0.25) is 0 Å². The first-order valence-electron chi connectivity index (χ1n) is 7.06. The van der Waals surface area contributed by atoms with Crippen molar-refractivity contribution in [2.45, 2.75) is 0 Å². The fourth-order valence-electron chi connectivity index (χ4n) is 2.09. The highest BCUT2D eigenvalue weighted by atomic mass is 35.5. The molecule has 0 saturated heterocycles.